The minimum atomic E-state index is -0.470. The highest BCUT2D eigenvalue weighted by atomic mass is 32.2. The lowest BCUT2D eigenvalue weighted by molar-refractivity contribution is -0.137. The third kappa shape index (κ3) is 8.08. The molecule has 0 amide bonds. The van der Waals surface area contributed by atoms with Crippen molar-refractivity contribution >= 4 is 27.8 Å². The van der Waals surface area contributed by atoms with Crippen molar-refractivity contribution in [3.05, 3.63) is 12.7 Å². The fraction of sp³-hybridized carbons (Fsp3) is 0.625. The van der Waals surface area contributed by atoms with Gasteiger partial charge in [0.25, 0.3) is 0 Å². The summed E-state index contributed by atoms with van der Waals surface area (Å²) < 4.78 is 10.1. The van der Waals surface area contributed by atoms with Crippen LogP contribution in [0.25, 0.3) is 0 Å². The summed E-state index contributed by atoms with van der Waals surface area (Å²) >= 11 is 1.41. The Morgan fingerprint density at radius 2 is 2.46 bits per heavy atom. The van der Waals surface area contributed by atoms with Crippen molar-refractivity contribution in [1.82, 2.24) is 0 Å². The van der Waals surface area contributed by atoms with Crippen LogP contribution in [0.1, 0.15) is 13.3 Å². The van der Waals surface area contributed by atoms with E-state index in [4.69, 9.17) is 8.61 Å². The van der Waals surface area contributed by atoms with E-state index >= 15 is 0 Å². The lowest BCUT2D eigenvalue weighted by Crippen LogP contribution is -2.07. The Hall–Kier alpha value is -0.263. The number of rotatable bonds is 7. The molecule has 0 saturated carbocycles. The summed E-state index contributed by atoms with van der Waals surface area (Å²) in [6.07, 6.45) is 3.98. The Labute approximate surface area is 86.0 Å². The van der Waals surface area contributed by atoms with Crippen molar-refractivity contribution in [2.24, 2.45) is 0 Å². The van der Waals surface area contributed by atoms with E-state index in [9.17, 15) is 4.79 Å². The lowest BCUT2D eigenvalue weighted by atomic mass is 10.3. The molecule has 0 N–H and O–H groups in total. The van der Waals surface area contributed by atoms with Gasteiger partial charge in [0.2, 0.25) is 0 Å². The molecule has 76 valence electrons. The molecule has 0 saturated heterocycles. The van der Waals surface area contributed by atoms with Gasteiger partial charge in [-0.05, 0) is 24.0 Å². The van der Waals surface area contributed by atoms with Gasteiger partial charge in [0.15, 0.2) is 9.76 Å². The molecule has 0 aromatic rings. The van der Waals surface area contributed by atoms with Crippen LogP contribution in [0.5, 0.6) is 0 Å². The molecule has 0 heterocycles. The van der Waals surface area contributed by atoms with Gasteiger partial charge in [-0.1, -0.05) is 13.5 Å². The Bertz CT molecular complexity index is 163. The highest BCUT2D eigenvalue weighted by Gasteiger charge is 2.04. The molecule has 0 bridgehead atoms. The summed E-state index contributed by atoms with van der Waals surface area (Å²) in [5.41, 5.74) is 0.546. The molecule has 13 heavy (non-hydrogen) atoms. The second kappa shape index (κ2) is 8.34. The van der Waals surface area contributed by atoms with E-state index in [0.717, 1.165) is 6.42 Å². The van der Waals surface area contributed by atoms with Crippen molar-refractivity contribution in [3.8, 4) is 0 Å². The van der Waals surface area contributed by atoms with Gasteiger partial charge in [0, 0.05) is 12.3 Å². The predicted octanol–water partition coefficient (Wildman–Crippen LogP) is 1.29. The van der Waals surface area contributed by atoms with Crippen LogP contribution in [0.3, 0.4) is 0 Å². The van der Waals surface area contributed by atoms with E-state index in [-0.39, 0.29) is 5.97 Å². The van der Waals surface area contributed by atoms with Crippen LogP contribution in [0.2, 0.25) is 5.54 Å². The van der Waals surface area contributed by atoms with Gasteiger partial charge in [-0.2, -0.15) is 0 Å². The van der Waals surface area contributed by atoms with E-state index in [0.29, 0.717) is 12.1 Å². The Morgan fingerprint density at radius 3 is 3.00 bits per heavy atom. The first kappa shape index (κ1) is 12.7. The van der Waals surface area contributed by atoms with Gasteiger partial charge in [0.1, 0.15) is 0 Å². The maximum Gasteiger partial charge on any atom is 0.330 e. The highest BCUT2D eigenvalue weighted by molar-refractivity contribution is 7.94. The molecule has 0 aliphatic heterocycles. The van der Waals surface area contributed by atoms with E-state index in [2.05, 4.69) is 13.5 Å². The Balaban J connectivity index is 3.30. The van der Waals surface area contributed by atoms with Crippen LogP contribution in [-0.4, -0.2) is 28.6 Å². The molecule has 0 aromatic heterocycles. The van der Waals surface area contributed by atoms with E-state index < -0.39 is 9.76 Å². The van der Waals surface area contributed by atoms with Crippen LogP contribution in [-0.2, 0) is 13.4 Å². The van der Waals surface area contributed by atoms with Gasteiger partial charge in [-0.25, -0.2) is 4.79 Å². The topological polar surface area (TPSA) is 35.5 Å². The normalized spacial score (nSPS) is 13.1. The molecule has 5 heteroatoms. The molecule has 0 radical (unpaired) electrons. The number of ether oxygens (including phenoxy) is 1. The summed E-state index contributed by atoms with van der Waals surface area (Å²) in [5, 5.41) is 0. The molecule has 1 unspecified atom stereocenters. The third-order valence-corrected chi connectivity index (χ3v) is 3.96. The summed E-state index contributed by atoms with van der Waals surface area (Å²) in [5.74, 6) is -0.348. The maximum absolute atomic E-state index is 10.6. The van der Waals surface area contributed by atoms with E-state index in [1.165, 1.54) is 18.1 Å². The van der Waals surface area contributed by atoms with Gasteiger partial charge < -0.3 is 8.61 Å². The van der Waals surface area contributed by atoms with Crippen LogP contribution in [0.4, 0.5) is 0 Å². The van der Waals surface area contributed by atoms with Crippen molar-refractivity contribution in [3.63, 3.8) is 0 Å². The molecular weight excluding hydrogens is 204 g/mol. The van der Waals surface area contributed by atoms with Crippen LogP contribution < -0.4 is 0 Å². The number of hydrogen-bond acceptors (Lipinski definition) is 4. The minimum absolute atomic E-state index is 0.348. The van der Waals surface area contributed by atoms with Gasteiger partial charge in [0.05, 0.1) is 6.61 Å². The molecule has 0 fully saturated rings. The van der Waals surface area contributed by atoms with Crippen molar-refractivity contribution in [1.29, 1.82) is 0 Å². The second-order valence-corrected chi connectivity index (χ2v) is 5.72. The third-order valence-electron chi connectivity index (χ3n) is 1.49. The van der Waals surface area contributed by atoms with Crippen molar-refractivity contribution in [2.75, 3.05) is 12.9 Å². The number of hydrogen-bond donors (Lipinski definition) is 0. The fourth-order valence-electron chi connectivity index (χ4n) is 0.687. The first-order valence-electron chi connectivity index (χ1n) is 4.15. The smallest absolute Gasteiger partial charge is 0.330 e. The molecule has 0 aliphatic carbocycles. The average Bonchev–Trinajstić information content (AvgIpc) is 2.14. The number of esters is 1. The second-order valence-electron chi connectivity index (χ2n) is 2.72. The zero-order valence-electron chi connectivity index (χ0n) is 8.12. The first-order valence-corrected chi connectivity index (χ1v) is 6.69. The molecular formula is C8H16O3SSi. The van der Waals surface area contributed by atoms with Crippen molar-refractivity contribution < 1.29 is 13.4 Å². The molecule has 1 atom stereocenters. The van der Waals surface area contributed by atoms with Crippen molar-refractivity contribution in [2.45, 2.75) is 18.9 Å². The molecule has 0 spiro atoms. The minimum Gasteiger partial charge on any atom is -0.463 e. The summed E-state index contributed by atoms with van der Waals surface area (Å²) in [6.45, 7) is 5.90. The Kier molecular flexibility index (Phi) is 8.17. The van der Waals surface area contributed by atoms with Gasteiger partial charge >= 0.3 is 5.97 Å². The monoisotopic (exact) mass is 220 g/mol. The zero-order valence-corrected chi connectivity index (χ0v) is 10.3. The Morgan fingerprint density at radius 1 is 1.77 bits per heavy atom. The number of carbonyl (C=O) groups excluding carboxylic acids is 1. The summed E-state index contributed by atoms with van der Waals surface area (Å²) in [6, 6.07) is 0. The average molecular weight is 220 g/mol. The first-order chi connectivity index (χ1) is 6.20. The van der Waals surface area contributed by atoms with Crippen LogP contribution in [0.15, 0.2) is 12.7 Å². The number of carbonyl (C=O) groups is 1. The van der Waals surface area contributed by atoms with Gasteiger partial charge in [-0.15, -0.1) is 0 Å². The zero-order chi connectivity index (χ0) is 10.1. The summed E-state index contributed by atoms with van der Waals surface area (Å²) in [7, 11) is -0.470. The van der Waals surface area contributed by atoms with Crippen LogP contribution >= 0.6 is 12.0 Å². The molecule has 3 nitrogen and oxygen atoms in total. The maximum atomic E-state index is 10.6. The highest BCUT2D eigenvalue weighted by Crippen LogP contribution is 2.10. The SMILES string of the molecule is C=CC(=O)OCCC(C)[SiH2]OSC. The molecule has 0 aromatic carbocycles. The predicted molar refractivity (Wildman–Crippen MR) is 58.3 cm³/mol. The molecule has 0 rings (SSSR count). The van der Waals surface area contributed by atoms with Crippen LogP contribution in [0, 0.1) is 0 Å². The van der Waals surface area contributed by atoms with E-state index in [1.54, 1.807) is 0 Å². The largest absolute Gasteiger partial charge is 0.463 e. The quantitative estimate of drug-likeness (QED) is 0.280. The summed E-state index contributed by atoms with van der Waals surface area (Å²) in [4.78, 5) is 10.6. The molecule has 0 aliphatic rings. The van der Waals surface area contributed by atoms with E-state index in [1.807, 2.05) is 6.26 Å². The lowest BCUT2D eigenvalue weighted by Gasteiger charge is -2.08. The van der Waals surface area contributed by atoms with Gasteiger partial charge in [-0.3, -0.25) is 0 Å². The standard InChI is InChI=1S/C8H16O3SSi/c1-4-8(9)10-6-5-7(2)13-11-12-3/h4,7H,1,5-6,13H2,2-3H3. The fourth-order valence-corrected chi connectivity index (χ4v) is 2.49.